The van der Waals surface area contributed by atoms with Gasteiger partial charge >= 0.3 is 0 Å². The van der Waals surface area contributed by atoms with Crippen molar-refractivity contribution in [3.05, 3.63) is 20.3 Å². The number of hydrogen-bond acceptors (Lipinski definition) is 3. The Kier molecular flexibility index (Phi) is 5.18. The van der Waals surface area contributed by atoms with E-state index in [0.29, 0.717) is 5.54 Å². The molecule has 0 aromatic carbocycles. The van der Waals surface area contributed by atoms with E-state index in [1.165, 1.54) is 37.0 Å². The highest BCUT2D eigenvalue weighted by atomic mass is 35.5. The molecule has 1 atom stereocenters. The molecule has 1 N–H and O–H groups in total. The Morgan fingerprint density at radius 2 is 2.00 bits per heavy atom. The molecule has 1 heterocycles. The van der Waals surface area contributed by atoms with Crippen LogP contribution in [-0.2, 0) is 0 Å². The molecule has 1 fully saturated rings. The van der Waals surface area contributed by atoms with Crippen molar-refractivity contribution in [1.82, 2.24) is 10.2 Å². The highest BCUT2D eigenvalue weighted by molar-refractivity contribution is 7.20. The van der Waals surface area contributed by atoms with E-state index >= 15 is 0 Å². The van der Waals surface area contributed by atoms with E-state index in [1.807, 2.05) is 6.07 Å². The number of rotatable bonds is 5. The van der Waals surface area contributed by atoms with E-state index in [4.69, 9.17) is 23.2 Å². The first-order valence-corrected chi connectivity index (χ1v) is 8.37. The standard InChI is InChI=1S/C14H22Cl2N2S/c1-10(11-8-12(15)19-13(11)16)17-9-14(18(2)3)6-4-5-7-14/h8,10,17H,4-7,9H2,1-3H3. The maximum Gasteiger partial charge on any atom is 0.0991 e. The molecule has 2 nitrogen and oxygen atoms in total. The molecule has 1 unspecified atom stereocenters. The summed E-state index contributed by atoms with van der Waals surface area (Å²) in [6.07, 6.45) is 5.22. The third-order valence-electron chi connectivity index (χ3n) is 4.37. The summed E-state index contributed by atoms with van der Waals surface area (Å²) in [6, 6.07) is 2.22. The summed E-state index contributed by atoms with van der Waals surface area (Å²) >= 11 is 13.7. The van der Waals surface area contributed by atoms with Gasteiger partial charge < -0.3 is 10.2 Å². The zero-order valence-electron chi connectivity index (χ0n) is 11.8. The van der Waals surface area contributed by atoms with Gasteiger partial charge in [-0.05, 0) is 45.5 Å². The summed E-state index contributed by atoms with van der Waals surface area (Å²) < 4.78 is 1.56. The van der Waals surface area contributed by atoms with Crippen LogP contribution in [0.5, 0.6) is 0 Å². The molecule has 5 heteroatoms. The van der Waals surface area contributed by atoms with Crippen molar-refractivity contribution < 1.29 is 0 Å². The van der Waals surface area contributed by atoms with E-state index < -0.39 is 0 Å². The van der Waals surface area contributed by atoms with Crippen molar-refractivity contribution in [3.63, 3.8) is 0 Å². The van der Waals surface area contributed by atoms with Gasteiger partial charge in [-0.25, -0.2) is 0 Å². The molecular weight excluding hydrogens is 299 g/mol. The fourth-order valence-electron chi connectivity index (χ4n) is 2.92. The number of halogens is 2. The Morgan fingerprint density at radius 3 is 2.47 bits per heavy atom. The minimum atomic E-state index is 0.244. The van der Waals surface area contributed by atoms with Crippen molar-refractivity contribution in [2.24, 2.45) is 0 Å². The van der Waals surface area contributed by atoms with Crippen LogP contribution in [0.25, 0.3) is 0 Å². The number of nitrogens with zero attached hydrogens (tertiary/aromatic N) is 1. The number of thiophene rings is 1. The minimum Gasteiger partial charge on any atom is -0.308 e. The normalized spacial score (nSPS) is 20.1. The van der Waals surface area contributed by atoms with Gasteiger partial charge in [0.05, 0.1) is 8.67 Å². The van der Waals surface area contributed by atoms with Gasteiger partial charge in [0.15, 0.2) is 0 Å². The van der Waals surface area contributed by atoms with E-state index in [-0.39, 0.29) is 6.04 Å². The maximum absolute atomic E-state index is 6.22. The van der Waals surface area contributed by atoms with Crippen LogP contribution in [0.15, 0.2) is 6.07 Å². The molecule has 2 rings (SSSR count). The summed E-state index contributed by atoms with van der Waals surface area (Å²) in [5.41, 5.74) is 1.42. The van der Waals surface area contributed by atoms with Gasteiger partial charge in [-0.3, -0.25) is 0 Å². The quantitative estimate of drug-likeness (QED) is 0.854. The topological polar surface area (TPSA) is 15.3 Å². The Morgan fingerprint density at radius 1 is 1.37 bits per heavy atom. The molecule has 1 aliphatic carbocycles. The van der Waals surface area contributed by atoms with Crippen molar-refractivity contribution in [3.8, 4) is 0 Å². The minimum absolute atomic E-state index is 0.244. The van der Waals surface area contributed by atoms with Gasteiger partial charge in [-0.1, -0.05) is 36.0 Å². The van der Waals surface area contributed by atoms with E-state index in [0.717, 1.165) is 20.8 Å². The lowest BCUT2D eigenvalue weighted by atomic mass is 9.95. The second kappa shape index (κ2) is 6.31. The molecule has 1 aliphatic rings. The van der Waals surface area contributed by atoms with Crippen LogP contribution < -0.4 is 5.32 Å². The zero-order chi connectivity index (χ0) is 14.0. The summed E-state index contributed by atoms with van der Waals surface area (Å²) in [7, 11) is 4.37. The molecule has 0 spiro atoms. The smallest absolute Gasteiger partial charge is 0.0991 e. The molecule has 0 amide bonds. The maximum atomic E-state index is 6.22. The molecule has 0 bridgehead atoms. The van der Waals surface area contributed by atoms with Crippen LogP contribution in [0.3, 0.4) is 0 Å². The van der Waals surface area contributed by atoms with Gasteiger partial charge in [-0.15, -0.1) is 11.3 Å². The Labute approximate surface area is 130 Å². The van der Waals surface area contributed by atoms with Gasteiger partial charge in [0.2, 0.25) is 0 Å². The lowest BCUT2D eigenvalue weighted by molar-refractivity contribution is 0.150. The van der Waals surface area contributed by atoms with Crippen molar-refractivity contribution in [2.75, 3.05) is 20.6 Å². The Bertz CT molecular complexity index is 425. The Balaban J connectivity index is 1.99. The van der Waals surface area contributed by atoms with Crippen LogP contribution >= 0.6 is 34.5 Å². The molecule has 0 saturated heterocycles. The van der Waals surface area contributed by atoms with Gasteiger partial charge in [0.1, 0.15) is 0 Å². The summed E-state index contributed by atoms with van der Waals surface area (Å²) in [4.78, 5) is 2.38. The molecule has 1 aromatic heterocycles. The summed E-state index contributed by atoms with van der Waals surface area (Å²) in [5.74, 6) is 0. The first kappa shape index (κ1) is 15.6. The monoisotopic (exact) mass is 320 g/mol. The van der Waals surface area contributed by atoms with Crippen molar-refractivity contribution in [2.45, 2.75) is 44.2 Å². The van der Waals surface area contributed by atoms with Gasteiger partial charge in [0.25, 0.3) is 0 Å². The predicted octanol–water partition coefficient (Wildman–Crippen LogP) is 4.58. The first-order chi connectivity index (χ1) is 8.94. The second-order valence-corrected chi connectivity index (χ2v) is 7.99. The highest BCUT2D eigenvalue weighted by Gasteiger charge is 2.36. The Hall–Kier alpha value is 0.200. The zero-order valence-corrected chi connectivity index (χ0v) is 14.1. The van der Waals surface area contributed by atoms with E-state index in [2.05, 4.69) is 31.2 Å². The molecular formula is C14H22Cl2N2S. The SMILES string of the molecule is CC(NCC1(N(C)C)CCCC1)c1cc(Cl)sc1Cl. The second-order valence-electron chi connectivity index (χ2n) is 5.71. The molecule has 1 aromatic rings. The lowest BCUT2D eigenvalue weighted by Gasteiger charge is -2.37. The highest BCUT2D eigenvalue weighted by Crippen LogP contribution is 2.36. The molecule has 1 saturated carbocycles. The van der Waals surface area contributed by atoms with Crippen LogP contribution in [0.4, 0.5) is 0 Å². The fraction of sp³-hybridized carbons (Fsp3) is 0.714. The first-order valence-electron chi connectivity index (χ1n) is 6.80. The van der Waals surface area contributed by atoms with E-state index in [1.54, 1.807) is 0 Å². The number of hydrogen-bond donors (Lipinski definition) is 1. The average molecular weight is 321 g/mol. The lowest BCUT2D eigenvalue weighted by Crippen LogP contribution is -2.50. The molecule has 108 valence electrons. The summed E-state index contributed by atoms with van der Waals surface area (Å²) in [6.45, 7) is 3.16. The fourth-order valence-corrected chi connectivity index (χ4v) is 4.56. The van der Waals surface area contributed by atoms with Crippen LogP contribution in [0.1, 0.15) is 44.2 Å². The van der Waals surface area contributed by atoms with Crippen LogP contribution in [-0.4, -0.2) is 31.1 Å². The van der Waals surface area contributed by atoms with Gasteiger partial charge in [0, 0.05) is 18.1 Å². The largest absolute Gasteiger partial charge is 0.308 e. The van der Waals surface area contributed by atoms with Gasteiger partial charge in [-0.2, -0.15) is 0 Å². The van der Waals surface area contributed by atoms with Crippen molar-refractivity contribution >= 4 is 34.5 Å². The third kappa shape index (κ3) is 3.45. The average Bonchev–Trinajstić information content (AvgIpc) is 2.94. The van der Waals surface area contributed by atoms with Crippen LogP contribution in [0, 0.1) is 0 Å². The number of nitrogens with one attached hydrogen (secondary N) is 1. The van der Waals surface area contributed by atoms with Crippen molar-refractivity contribution in [1.29, 1.82) is 0 Å². The molecule has 0 aliphatic heterocycles. The van der Waals surface area contributed by atoms with Crippen LogP contribution in [0.2, 0.25) is 8.67 Å². The summed E-state index contributed by atoms with van der Waals surface area (Å²) in [5, 5.41) is 3.64. The third-order valence-corrected chi connectivity index (χ3v) is 5.89. The molecule has 19 heavy (non-hydrogen) atoms. The molecule has 0 radical (unpaired) electrons. The van der Waals surface area contributed by atoms with E-state index in [9.17, 15) is 0 Å². The predicted molar refractivity (Wildman–Crippen MR) is 85.6 cm³/mol. The number of likely N-dealkylation sites (N-methyl/N-ethyl adjacent to an activating group) is 1.